The van der Waals surface area contributed by atoms with Crippen LogP contribution in [0.2, 0.25) is 0 Å². The molecule has 0 aromatic carbocycles. The first-order valence-electron chi connectivity index (χ1n) is 3.63. The molecule has 0 amide bonds. The Labute approximate surface area is 63.0 Å². The molecule has 0 saturated carbocycles. The molecule has 1 N–H and O–H groups in total. The van der Waals surface area contributed by atoms with Crippen molar-refractivity contribution in [1.29, 1.82) is 0 Å². The van der Waals surface area contributed by atoms with E-state index in [4.69, 9.17) is 0 Å². The fourth-order valence-corrected chi connectivity index (χ4v) is 0.610. The van der Waals surface area contributed by atoms with Gasteiger partial charge in [0, 0.05) is 19.0 Å². The SMILES string of the molecule is CCC=N/C=C(\C)CNC. The van der Waals surface area contributed by atoms with Crippen LogP contribution in [0.25, 0.3) is 0 Å². The van der Waals surface area contributed by atoms with Gasteiger partial charge in [0.25, 0.3) is 0 Å². The molecule has 0 fully saturated rings. The van der Waals surface area contributed by atoms with Crippen molar-refractivity contribution < 1.29 is 0 Å². The maximum atomic E-state index is 4.08. The molecule has 0 rings (SSSR count). The second kappa shape index (κ2) is 6.49. The predicted octanol–water partition coefficient (Wildman–Crippen LogP) is 1.59. The molecular formula is C8H16N2. The second-order valence-corrected chi connectivity index (χ2v) is 2.25. The average Bonchev–Trinajstić information content (AvgIpc) is 1.89. The van der Waals surface area contributed by atoms with Crippen LogP contribution in [0.15, 0.2) is 16.8 Å². The minimum atomic E-state index is 0.918. The lowest BCUT2D eigenvalue weighted by Gasteiger charge is -1.94. The van der Waals surface area contributed by atoms with Crippen LogP contribution in [0.1, 0.15) is 20.3 Å². The summed E-state index contributed by atoms with van der Waals surface area (Å²) in [6.45, 7) is 5.05. The summed E-state index contributed by atoms with van der Waals surface area (Å²) in [4.78, 5) is 4.08. The van der Waals surface area contributed by atoms with E-state index in [2.05, 4.69) is 24.2 Å². The molecule has 2 heteroatoms. The summed E-state index contributed by atoms with van der Waals surface area (Å²) < 4.78 is 0. The van der Waals surface area contributed by atoms with Crippen molar-refractivity contribution in [2.75, 3.05) is 13.6 Å². The molecule has 58 valence electrons. The Morgan fingerprint density at radius 3 is 2.80 bits per heavy atom. The van der Waals surface area contributed by atoms with Gasteiger partial charge in [-0.2, -0.15) is 0 Å². The van der Waals surface area contributed by atoms with E-state index >= 15 is 0 Å². The number of hydrogen-bond acceptors (Lipinski definition) is 2. The van der Waals surface area contributed by atoms with Gasteiger partial charge in [-0.1, -0.05) is 6.92 Å². The summed E-state index contributed by atoms with van der Waals surface area (Å²) in [5.41, 5.74) is 1.26. The van der Waals surface area contributed by atoms with Crippen molar-refractivity contribution in [2.45, 2.75) is 20.3 Å². The summed E-state index contributed by atoms with van der Waals surface area (Å²) in [6, 6.07) is 0. The molecule has 0 bridgehead atoms. The Bertz CT molecular complexity index is 125. The molecule has 0 atom stereocenters. The third-order valence-corrected chi connectivity index (χ3v) is 1.04. The summed E-state index contributed by atoms with van der Waals surface area (Å²) in [5, 5.41) is 3.05. The van der Waals surface area contributed by atoms with E-state index in [1.165, 1.54) is 5.57 Å². The lowest BCUT2D eigenvalue weighted by molar-refractivity contribution is 0.877. The van der Waals surface area contributed by atoms with E-state index in [9.17, 15) is 0 Å². The number of hydrogen-bond donors (Lipinski definition) is 1. The molecule has 0 aliphatic rings. The zero-order valence-electron chi connectivity index (χ0n) is 7.02. The summed E-state index contributed by atoms with van der Waals surface area (Å²) in [5.74, 6) is 0. The standard InChI is InChI=1S/C8H16N2/c1-4-5-10-7-8(2)6-9-3/h5,7,9H,4,6H2,1-3H3/b8-7+,10-5?. The van der Waals surface area contributed by atoms with Crippen LogP contribution >= 0.6 is 0 Å². The maximum Gasteiger partial charge on any atom is 0.0265 e. The Hall–Kier alpha value is -0.630. The van der Waals surface area contributed by atoms with Crippen molar-refractivity contribution in [3.05, 3.63) is 11.8 Å². The van der Waals surface area contributed by atoms with Crippen LogP contribution < -0.4 is 5.32 Å². The van der Waals surface area contributed by atoms with Gasteiger partial charge in [0.05, 0.1) is 0 Å². The van der Waals surface area contributed by atoms with Crippen molar-refractivity contribution >= 4 is 6.21 Å². The van der Waals surface area contributed by atoms with Gasteiger partial charge < -0.3 is 5.32 Å². The van der Waals surface area contributed by atoms with E-state index in [0.717, 1.165) is 13.0 Å². The van der Waals surface area contributed by atoms with Crippen molar-refractivity contribution in [2.24, 2.45) is 4.99 Å². The lowest BCUT2D eigenvalue weighted by atomic mass is 10.3. The van der Waals surface area contributed by atoms with Crippen LogP contribution in [0, 0.1) is 0 Å². The summed E-state index contributed by atoms with van der Waals surface area (Å²) in [6.07, 6.45) is 4.79. The van der Waals surface area contributed by atoms with Gasteiger partial charge in [0.15, 0.2) is 0 Å². The van der Waals surface area contributed by atoms with Crippen LogP contribution in [0.4, 0.5) is 0 Å². The average molecular weight is 140 g/mol. The molecule has 0 unspecified atom stereocenters. The molecule has 10 heavy (non-hydrogen) atoms. The largest absolute Gasteiger partial charge is 0.316 e. The van der Waals surface area contributed by atoms with E-state index in [0.29, 0.717) is 0 Å². The van der Waals surface area contributed by atoms with Gasteiger partial charge in [-0.05, 0) is 26.0 Å². The molecule has 0 saturated heterocycles. The maximum absolute atomic E-state index is 4.08. The highest BCUT2D eigenvalue weighted by molar-refractivity contribution is 5.57. The number of rotatable bonds is 4. The predicted molar refractivity (Wildman–Crippen MR) is 46.5 cm³/mol. The molecule has 2 nitrogen and oxygen atoms in total. The lowest BCUT2D eigenvalue weighted by Crippen LogP contribution is -2.08. The first kappa shape index (κ1) is 9.37. The first-order valence-corrected chi connectivity index (χ1v) is 3.63. The van der Waals surface area contributed by atoms with E-state index in [1.807, 2.05) is 19.5 Å². The topological polar surface area (TPSA) is 24.4 Å². The van der Waals surface area contributed by atoms with Crippen molar-refractivity contribution in [1.82, 2.24) is 5.32 Å². The summed E-state index contributed by atoms with van der Waals surface area (Å²) >= 11 is 0. The molecule has 0 aliphatic carbocycles. The Kier molecular flexibility index (Phi) is 6.08. The first-order chi connectivity index (χ1) is 4.81. The number of aliphatic imine (C=N–C) groups is 1. The van der Waals surface area contributed by atoms with Gasteiger partial charge in [-0.15, -0.1) is 0 Å². The molecule has 0 radical (unpaired) electrons. The fourth-order valence-electron chi connectivity index (χ4n) is 0.610. The minimum Gasteiger partial charge on any atom is -0.316 e. The molecular weight excluding hydrogens is 124 g/mol. The van der Waals surface area contributed by atoms with Crippen LogP contribution in [0.5, 0.6) is 0 Å². The number of likely N-dealkylation sites (N-methyl/N-ethyl adjacent to an activating group) is 1. The molecule has 0 heterocycles. The quantitative estimate of drug-likeness (QED) is 0.589. The molecule has 0 aliphatic heterocycles. The van der Waals surface area contributed by atoms with Gasteiger partial charge in [0.2, 0.25) is 0 Å². The van der Waals surface area contributed by atoms with Crippen LogP contribution in [-0.2, 0) is 0 Å². The highest BCUT2D eigenvalue weighted by atomic mass is 14.8. The third kappa shape index (κ3) is 5.51. The van der Waals surface area contributed by atoms with Gasteiger partial charge >= 0.3 is 0 Å². The zero-order valence-corrected chi connectivity index (χ0v) is 7.02. The fraction of sp³-hybridized carbons (Fsp3) is 0.625. The number of nitrogens with zero attached hydrogens (tertiary/aromatic N) is 1. The highest BCUT2D eigenvalue weighted by Crippen LogP contribution is 1.88. The molecule has 0 aromatic heterocycles. The van der Waals surface area contributed by atoms with Crippen molar-refractivity contribution in [3.63, 3.8) is 0 Å². The van der Waals surface area contributed by atoms with Gasteiger partial charge in [-0.25, -0.2) is 0 Å². The number of nitrogens with one attached hydrogen (secondary N) is 1. The van der Waals surface area contributed by atoms with E-state index in [-0.39, 0.29) is 0 Å². The summed E-state index contributed by atoms with van der Waals surface area (Å²) in [7, 11) is 1.93. The third-order valence-electron chi connectivity index (χ3n) is 1.04. The smallest absolute Gasteiger partial charge is 0.0265 e. The molecule has 0 aromatic rings. The van der Waals surface area contributed by atoms with Gasteiger partial charge in [0.1, 0.15) is 0 Å². The van der Waals surface area contributed by atoms with E-state index < -0.39 is 0 Å². The Morgan fingerprint density at radius 2 is 2.30 bits per heavy atom. The van der Waals surface area contributed by atoms with Gasteiger partial charge in [-0.3, -0.25) is 4.99 Å². The van der Waals surface area contributed by atoms with Crippen molar-refractivity contribution in [3.8, 4) is 0 Å². The Balaban J connectivity index is 3.56. The normalized spacial score (nSPS) is 12.9. The monoisotopic (exact) mass is 140 g/mol. The minimum absolute atomic E-state index is 0.918. The Morgan fingerprint density at radius 1 is 1.60 bits per heavy atom. The second-order valence-electron chi connectivity index (χ2n) is 2.25. The highest BCUT2D eigenvalue weighted by Gasteiger charge is 1.81. The molecule has 0 spiro atoms. The van der Waals surface area contributed by atoms with E-state index in [1.54, 1.807) is 0 Å². The zero-order chi connectivity index (χ0) is 7.82. The van der Waals surface area contributed by atoms with Crippen LogP contribution in [-0.4, -0.2) is 19.8 Å². The van der Waals surface area contributed by atoms with Crippen LogP contribution in [0.3, 0.4) is 0 Å².